The number of para-hydroxylation sites is 1. The van der Waals surface area contributed by atoms with Crippen LogP contribution in [0.4, 0.5) is 0 Å². The van der Waals surface area contributed by atoms with E-state index in [1.54, 1.807) is 20.5 Å². The van der Waals surface area contributed by atoms with Gasteiger partial charge in [-0.15, -0.1) is 0 Å². The lowest BCUT2D eigenvalue weighted by molar-refractivity contribution is -0.136. The third-order valence-corrected chi connectivity index (χ3v) is 6.51. The lowest BCUT2D eigenvalue weighted by Crippen LogP contribution is -2.49. The molecule has 0 radical (unpaired) electrons. The van der Waals surface area contributed by atoms with E-state index in [1.165, 1.54) is 17.1 Å². The van der Waals surface area contributed by atoms with Crippen LogP contribution in [0, 0.1) is 0 Å². The quantitative estimate of drug-likeness (QED) is 0.469. The average Bonchev–Trinajstić information content (AvgIpc) is 3.53. The van der Waals surface area contributed by atoms with E-state index < -0.39 is 5.60 Å². The number of piperidine rings is 1. The van der Waals surface area contributed by atoms with Gasteiger partial charge in [0.25, 0.3) is 5.56 Å². The zero-order valence-electron chi connectivity index (χ0n) is 19.0. The average molecular weight is 462 g/mol. The highest BCUT2D eigenvalue weighted by atomic mass is 16.3. The van der Waals surface area contributed by atoms with Gasteiger partial charge in [0.1, 0.15) is 11.7 Å². The minimum Gasteiger partial charge on any atom is -0.388 e. The van der Waals surface area contributed by atoms with E-state index in [9.17, 15) is 14.7 Å². The summed E-state index contributed by atoms with van der Waals surface area (Å²) in [6.07, 6.45) is 7.66. The summed E-state index contributed by atoms with van der Waals surface area (Å²) in [7, 11) is 0. The number of fused-ring (bicyclic) bond motifs is 1. The summed E-state index contributed by atoms with van der Waals surface area (Å²) in [5.74, 6) is 0.0404. The molecule has 0 saturated carbocycles. The summed E-state index contributed by atoms with van der Waals surface area (Å²) >= 11 is 0. The number of hydrogen-bond acceptors (Lipinski definition) is 6. The minimum atomic E-state index is -1.08. The maximum atomic E-state index is 13.1. The molecule has 1 aliphatic rings. The van der Waals surface area contributed by atoms with Gasteiger partial charge >= 0.3 is 0 Å². The molecule has 10 nitrogen and oxygen atoms in total. The molecule has 1 aromatic carbocycles. The first-order valence-electron chi connectivity index (χ1n) is 11.4. The summed E-state index contributed by atoms with van der Waals surface area (Å²) in [6, 6.07) is 11.3. The molecular formula is C24H27N7O3. The van der Waals surface area contributed by atoms with Gasteiger partial charge in [0.05, 0.1) is 30.1 Å². The Hall–Kier alpha value is -3.79. The van der Waals surface area contributed by atoms with Crippen molar-refractivity contribution in [1.82, 2.24) is 34.0 Å². The third kappa shape index (κ3) is 4.24. The Morgan fingerprint density at radius 1 is 1.15 bits per heavy atom. The van der Waals surface area contributed by atoms with Crippen molar-refractivity contribution in [3.05, 3.63) is 71.7 Å². The molecule has 1 atom stereocenters. The second-order valence-electron chi connectivity index (χ2n) is 8.95. The second-order valence-corrected chi connectivity index (χ2v) is 8.95. The van der Waals surface area contributed by atoms with E-state index in [-0.39, 0.29) is 24.1 Å². The van der Waals surface area contributed by atoms with Crippen molar-refractivity contribution in [2.45, 2.75) is 44.4 Å². The fraction of sp³-hybridized carbons (Fsp3) is 0.375. The number of nitrogens with zero attached hydrogens (tertiary/aromatic N) is 7. The van der Waals surface area contributed by atoms with Crippen molar-refractivity contribution in [3.63, 3.8) is 0 Å². The summed E-state index contributed by atoms with van der Waals surface area (Å²) < 4.78 is 4.84. The van der Waals surface area contributed by atoms with Gasteiger partial charge in [0, 0.05) is 31.9 Å². The van der Waals surface area contributed by atoms with Gasteiger partial charge in [-0.05, 0) is 38.0 Å². The van der Waals surface area contributed by atoms with Crippen LogP contribution >= 0.6 is 0 Å². The zero-order valence-corrected chi connectivity index (χ0v) is 19.0. The van der Waals surface area contributed by atoms with E-state index >= 15 is 0 Å². The number of hydrogen-bond donors (Lipinski definition) is 1. The minimum absolute atomic E-state index is 0.0310. The van der Waals surface area contributed by atoms with Crippen LogP contribution in [-0.4, -0.2) is 63.7 Å². The molecule has 10 heteroatoms. The highest BCUT2D eigenvalue weighted by Crippen LogP contribution is 2.25. The molecule has 4 heterocycles. The normalized spacial score (nSPS) is 16.6. The zero-order chi connectivity index (χ0) is 23.7. The molecular weight excluding hydrogens is 434 g/mol. The molecule has 0 aliphatic carbocycles. The molecule has 3 aromatic heterocycles. The lowest BCUT2D eigenvalue weighted by Gasteiger charge is -2.38. The molecule has 34 heavy (non-hydrogen) atoms. The van der Waals surface area contributed by atoms with Crippen LogP contribution in [-0.2, 0) is 11.3 Å². The van der Waals surface area contributed by atoms with Gasteiger partial charge < -0.3 is 10.0 Å². The van der Waals surface area contributed by atoms with Crippen molar-refractivity contribution >= 4 is 16.9 Å². The lowest BCUT2D eigenvalue weighted by atomic mass is 9.91. The van der Waals surface area contributed by atoms with Crippen molar-refractivity contribution in [1.29, 1.82) is 0 Å². The number of aromatic nitrogens is 6. The Morgan fingerprint density at radius 2 is 1.91 bits per heavy atom. The number of benzene rings is 1. The number of rotatable bonds is 6. The van der Waals surface area contributed by atoms with Crippen LogP contribution in [0.5, 0.6) is 0 Å². The molecule has 4 aromatic rings. The van der Waals surface area contributed by atoms with E-state index in [2.05, 4.69) is 15.2 Å². The summed E-state index contributed by atoms with van der Waals surface area (Å²) in [4.78, 5) is 32.0. The topological polar surface area (TPSA) is 111 Å². The third-order valence-electron chi connectivity index (χ3n) is 6.51. The first-order chi connectivity index (χ1) is 16.4. The van der Waals surface area contributed by atoms with E-state index in [1.807, 2.05) is 49.5 Å². The molecule has 176 valence electrons. The standard InChI is InChI=1S/C24H27N7O3/c1-18(30-11-5-10-26-30)14-21(32)28-12-8-24(34,9-13-28)16-29-17-25-22-20(23(29)33)15-27-31(22)19-6-3-2-4-7-19/h2-7,10-11,15,17-18,34H,8-9,12-14,16H2,1H3/t18-/m1/s1. The van der Waals surface area contributed by atoms with E-state index in [4.69, 9.17) is 0 Å². The monoisotopic (exact) mass is 461 g/mol. The smallest absolute Gasteiger partial charge is 0.264 e. The Bertz CT molecular complexity index is 1340. The Balaban J connectivity index is 1.26. The predicted molar refractivity (Wildman–Crippen MR) is 125 cm³/mol. The molecule has 1 saturated heterocycles. The van der Waals surface area contributed by atoms with Crippen LogP contribution in [0.3, 0.4) is 0 Å². The Morgan fingerprint density at radius 3 is 2.62 bits per heavy atom. The summed E-state index contributed by atoms with van der Waals surface area (Å²) in [5.41, 5.74) is -0.0306. The maximum absolute atomic E-state index is 13.1. The second kappa shape index (κ2) is 8.86. The first-order valence-corrected chi connectivity index (χ1v) is 11.4. The number of aliphatic hydroxyl groups is 1. The Labute approximate surface area is 196 Å². The van der Waals surface area contributed by atoms with Crippen molar-refractivity contribution in [3.8, 4) is 5.69 Å². The van der Waals surface area contributed by atoms with Gasteiger partial charge in [-0.1, -0.05) is 18.2 Å². The van der Waals surface area contributed by atoms with E-state index in [0.717, 1.165) is 5.69 Å². The molecule has 0 unspecified atom stereocenters. The van der Waals surface area contributed by atoms with Crippen LogP contribution in [0.15, 0.2) is 66.1 Å². The SMILES string of the molecule is C[C@H](CC(=O)N1CCC(O)(Cn2cnc3c(cnn3-c3ccccc3)c2=O)CC1)n1cccn1. The van der Waals surface area contributed by atoms with Crippen LogP contribution in [0.2, 0.25) is 0 Å². The predicted octanol–water partition coefficient (Wildman–Crippen LogP) is 1.78. The highest BCUT2D eigenvalue weighted by Gasteiger charge is 2.35. The number of likely N-dealkylation sites (tertiary alicyclic amines) is 1. The van der Waals surface area contributed by atoms with Crippen molar-refractivity contribution < 1.29 is 9.90 Å². The van der Waals surface area contributed by atoms with Crippen LogP contribution < -0.4 is 5.56 Å². The molecule has 0 spiro atoms. The largest absolute Gasteiger partial charge is 0.388 e. The van der Waals surface area contributed by atoms with Crippen LogP contribution in [0.25, 0.3) is 16.7 Å². The molecule has 0 bridgehead atoms. The number of carbonyl (C=O) groups is 1. The summed E-state index contributed by atoms with van der Waals surface area (Å²) in [5, 5.41) is 20.1. The maximum Gasteiger partial charge on any atom is 0.264 e. The number of carbonyl (C=O) groups excluding carboxylic acids is 1. The molecule has 1 aliphatic heterocycles. The van der Waals surface area contributed by atoms with E-state index in [0.29, 0.717) is 43.4 Å². The molecule has 1 N–H and O–H groups in total. The van der Waals surface area contributed by atoms with Crippen molar-refractivity contribution in [2.75, 3.05) is 13.1 Å². The fourth-order valence-corrected chi connectivity index (χ4v) is 4.48. The molecule has 1 fully saturated rings. The first kappa shape index (κ1) is 22.0. The summed E-state index contributed by atoms with van der Waals surface area (Å²) in [6.45, 7) is 2.97. The van der Waals surface area contributed by atoms with Crippen LogP contribution in [0.1, 0.15) is 32.2 Å². The van der Waals surface area contributed by atoms with Gasteiger partial charge in [0.15, 0.2) is 5.65 Å². The van der Waals surface area contributed by atoms with Gasteiger partial charge in [0.2, 0.25) is 5.91 Å². The number of amides is 1. The molecule has 5 rings (SSSR count). The van der Waals surface area contributed by atoms with Gasteiger partial charge in [-0.25, -0.2) is 9.67 Å². The van der Waals surface area contributed by atoms with Gasteiger partial charge in [-0.3, -0.25) is 18.8 Å². The van der Waals surface area contributed by atoms with Crippen molar-refractivity contribution in [2.24, 2.45) is 0 Å². The Kier molecular flexibility index (Phi) is 5.74. The highest BCUT2D eigenvalue weighted by molar-refractivity contribution is 5.77. The molecule has 1 amide bonds. The fourth-order valence-electron chi connectivity index (χ4n) is 4.48. The van der Waals surface area contributed by atoms with Gasteiger partial charge in [-0.2, -0.15) is 10.2 Å².